The zero-order valence-corrected chi connectivity index (χ0v) is 12.9. The van der Waals surface area contributed by atoms with Crippen molar-refractivity contribution in [2.45, 2.75) is 0 Å². The van der Waals surface area contributed by atoms with E-state index in [-0.39, 0.29) is 31.9 Å². The minimum Gasteiger partial charge on any atom is -0.364 e. The summed E-state index contributed by atoms with van der Waals surface area (Å²) in [6, 6.07) is 1.33. The van der Waals surface area contributed by atoms with Crippen molar-refractivity contribution in [1.82, 2.24) is 4.67 Å². The van der Waals surface area contributed by atoms with Crippen LogP contribution in [-0.2, 0) is 4.57 Å². The van der Waals surface area contributed by atoms with Crippen LogP contribution in [-0.4, -0.2) is 35.8 Å². The Bertz CT molecular complexity index is 597. The number of anilines is 1. The third kappa shape index (κ3) is 3.63. The van der Waals surface area contributed by atoms with Crippen molar-refractivity contribution in [3.8, 4) is 0 Å². The number of hydrogen-bond donors (Lipinski definition) is 0. The van der Waals surface area contributed by atoms with Crippen LogP contribution in [0.15, 0.2) is 12.1 Å². The molecule has 0 aromatic heterocycles. The topological polar surface area (TPSA) is 66.7 Å². The lowest BCUT2D eigenvalue weighted by molar-refractivity contribution is -0.385. The van der Waals surface area contributed by atoms with Crippen LogP contribution < -0.4 is 4.90 Å². The van der Waals surface area contributed by atoms with Crippen LogP contribution in [0.3, 0.4) is 0 Å². The number of nitro groups is 1. The number of rotatable bonds is 3. The molecule has 6 nitrogen and oxygen atoms in total. The highest BCUT2D eigenvalue weighted by molar-refractivity contribution is 8.06. The predicted octanol–water partition coefficient (Wildman–Crippen LogP) is 3.58. The molecule has 0 atom stereocenters. The monoisotopic (exact) mass is 359 g/mol. The van der Waals surface area contributed by atoms with Gasteiger partial charge < -0.3 is 4.90 Å². The number of piperazine rings is 1. The Kier molecular flexibility index (Phi) is 4.72. The lowest BCUT2D eigenvalue weighted by Gasteiger charge is -2.36. The smallest absolute Gasteiger partial charge is 0.322 e. The predicted molar refractivity (Wildman–Crippen MR) is 76.1 cm³/mol. The molecule has 1 aromatic rings. The summed E-state index contributed by atoms with van der Waals surface area (Å²) in [7, 11) is 0. The third-order valence-electron chi connectivity index (χ3n) is 3.11. The molecule has 1 fully saturated rings. The van der Waals surface area contributed by atoms with Gasteiger partial charge in [-0.1, -0.05) is 0 Å². The third-order valence-corrected chi connectivity index (χ3v) is 5.46. The van der Waals surface area contributed by atoms with Gasteiger partial charge in [-0.15, -0.1) is 0 Å². The molecule has 1 aromatic carbocycles. The summed E-state index contributed by atoms with van der Waals surface area (Å²) >= 11 is 11.1. The zero-order valence-electron chi connectivity index (χ0n) is 10.5. The molecule has 0 bridgehead atoms. The first-order chi connectivity index (χ1) is 9.70. The van der Waals surface area contributed by atoms with E-state index in [9.17, 15) is 23.5 Å². The van der Waals surface area contributed by atoms with E-state index < -0.39 is 28.2 Å². The van der Waals surface area contributed by atoms with Crippen molar-refractivity contribution in [1.29, 1.82) is 0 Å². The van der Waals surface area contributed by atoms with Crippen LogP contribution in [0.2, 0.25) is 0 Å². The first kappa shape index (κ1) is 16.4. The molecule has 0 N–H and O–H groups in total. The molecule has 0 saturated carbocycles. The average molecular weight is 360 g/mol. The van der Waals surface area contributed by atoms with Crippen molar-refractivity contribution in [3.63, 3.8) is 0 Å². The van der Waals surface area contributed by atoms with Gasteiger partial charge in [0.25, 0.3) is 5.69 Å². The van der Waals surface area contributed by atoms with E-state index in [0.717, 1.165) is 0 Å². The summed E-state index contributed by atoms with van der Waals surface area (Å²) in [5.74, 6) is -5.47. The molecule has 0 aliphatic carbocycles. The minimum absolute atomic E-state index is 0.148. The quantitative estimate of drug-likeness (QED) is 0.468. The summed E-state index contributed by atoms with van der Waals surface area (Å²) in [6.45, 7) is 0.629. The molecule has 1 aliphatic heterocycles. The standard InChI is InChI=1S/C10H10Cl2F2N3O3P/c11-21(12,20)16-3-1-15(2-4-16)10-8(13)5-7(17(18)19)6-9(10)14/h5-6H,1-4H2. The normalized spacial score (nSPS) is 17.0. The maximum atomic E-state index is 13.9. The Labute approximate surface area is 128 Å². The van der Waals surface area contributed by atoms with Gasteiger partial charge >= 0.3 is 6.00 Å². The van der Waals surface area contributed by atoms with Crippen molar-refractivity contribution in [2.75, 3.05) is 31.1 Å². The van der Waals surface area contributed by atoms with Crippen molar-refractivity contribution in [3.05, 3.63) is 33.9 Å². The molecule has 1 aliphatic rings. The van der Waals surface area contributed by atoms with Gasteiger partial charge in [0.15, 0.2) is 11.6 Å². The van der Waals surface area contributed by atoms with Crippen LogP contribution in [0.5, 0.6) is 0 Å². The van der Waals surface area contributed by atoms with E-state index in [1.807, 2.05) is 0 Å². The van der Waals surface area contributed by atoms with Crippen LogP contribution in [0, 0.1) is 21.7 Å². The van der Waals surface area contributed by atoms with E-state index >= 15 is 0 Å². The van der Waals surface area contributed by atoms with E-state index in [0.29, 0.717) is 12.1 Å². The molecule has 21 heavy (non-hydrogen) atoms. The number of nitro benzene ring substituents is 1. The first-order valence-corrected chi connectivity index (χ1v) is 9.30. The molecule has 116 valence electrons. The number of nitrogens with zero attached hydrogens (tertiary/aromatic N) is 3. The number of halogens is 4. The largest absolute Gasteiger partial charge is 0.364 e. The second kappa shape index (κ2) is 6.04. The van der Waals surface area contributed by atoms with E-state index in [2.05, 4.69) is 0 Å². The van der Waals surface area contributed by atoms with Gasteiger partial charge in [-0.2, -0.15) is 0 Å². The highest BCUT2D eigenvalue weighted by Gasteiger charge is 2.31. The van der Waals surface area contributed by atoms with Crippen molar-refractivity contribution in [2.24, 2.45) is 0 Å². The van der Waals surface area contributed by atoms with E-state index in [1.54, 1.807) is 0 Å². The SMILES string of the molecule is O=[N+]([O-])c1cc(F)c(N2CCN(P(=O)(Cl)Cl)CC2)c(F)c1. The molecule has 2 rings (SSSR count). The Morgan fingerprint density at radius 3 is 2.00 bits per heavy atom. The van der Waals surface area contributed by atoms with Crippen molar-refractivity contribution >= 4 is 39.9 Å². The van der Waals surface area contributed by atoms with Crippen LogP contribution in [0.4, 0.5) is 20.2 Å². The van der Waals surface area contributed by atoms with Gasteiger partial charge in [0.1, 0.15) is 5.69 Å². The second-order valence-corrected chi connectivity index (χ2v) is 9.09. The number of hydrogen-bond acceptors (Lipinski definition) is 4. The Balaban J connectivity index is 2.21. The second-order valence-electron chi connectivity index (χ2n) is 4.39. The lowest BCUT2D eigenvalue weighted by atomic mass is 10.2. The fraction of sp³-hybridized carbons (Fsp3) is 0.400. The lowest BCUT2D eigenvalue weighted by Crippen LogP contribution is -2.44. The van der Waals surface area contributed by atoms with E-state index in [1.165, 1.54) is 9.57 Å². The van der Waals surface area contributed by atoms with Gasteiger partial charge in [0, 0.05) is 26.2 Å². The summed E-state index contributed by atoms with van der Waals surface area (Å²) in [4.78, 5) is 11.0. The summed E-state index contributed by atoms with van der Waals surface area (Å²) < 4.78 is 40.6. The Morgan fingerprint density at radius 2 is 1.62 bits per heavy atom. The molecular formula is C10H10Cl2F2N3O3P. The Hall–Kier alpha value is -0.950. The zero-order chi connectivity index (χ0) is 15.8. The van der Waals surface area contributed by atoms with Gasteiger partial charge in [-0.05, 0) is 22.5 Å². The molecule has 1 heterocycles. The molecule has 0 radical (unpaired) electrons. The van der Waals surface area contributed by atoms with Gasteiger partial charge in [0.2, 0.25) is 0 Å². The molecule has 11 heteroatoms. The molecule has 1 saturated heterocycles. The fourth-order valence-electron chi connectivity index (χ4n) is 2.11. The molecule has 0 spiro atoms. The highest BCUT2D eigenvalue weighted by atomic mass is 35.9. The number of benzene rings is 1. The summed E-state index contributed by atoms with van der Waals surface area (Å²) in [5, 5.41) is 10.5. The maximum Gasteiger partial charge on any atom is 0.322 e. The summed E-state index contributed by atoms with van der Waals surface area (Å²) in [5.41, 5.74) is -1.00. The van der Waals surface area contributed by atoms with E-state index in [4.69, 9.17) is 22.5 Å². The van der Waals surface area contributed by atoms with Crippen molar-refractivity contribution < 1.29 is 18.3 Å². The first-order valence-electron chi connectivity index (χ1n) is 5.83. The van der Waals surface area contributed by atoms with Gasteiger partial charge in [-0.3, -0.25) is 14.7 Å². The van der Waals surface area contributed by atoms with Gasteiger partial charge in [0.05, 0.1) is 17.1 Å². The Morgan fingerprint density at radius 1 is 1.14 bits per heavy atom. The van der Waals surface area contributed by atoms with Crippen LogP contribution >= 0.6 is 28.5 Å². The minimum atomic E-state index is -3.43. The van der Waals surface area contributed by atoms with Crippen LogP contribution in [0.1, 0.15) is 0 Å². The maximum absolute atomic E-state index is 13.9. The number of non-ortho nitro benzene ring substituents is 1. The highest BCUT2D eigenvalue weighted by Crippen LogP contribution is 2.59. The van der Waals surface area contributed by atoms with Crippen LogP contribution in [0.25, 0.3) is 0 Å². The molecular weight excluding hydrogens is 350 g/mol. The molecule has 0 amide bonds. The average Bonchev–Trinajstić information content (AvgIpc) is 2.37. The summed E-state index contributed by atoms with van der Waals surface area (Å²) in [6.07, 6.45) is 0. The fourth-order valence-corrected chi connectivity index (χ4v) is 3.66. The van der Waals surface area contributed by atoms with Gasteiger partial charge in [-0.25, -0.2) is 13.5 Å². The molecule has 0 unspecified atom stereocenters.